The third-order valence-electron chi connectivity index (χ3n) is 3.45. The van der Waals surface area contributed by atoms with Crippen molar-refractivity contribution >= 4 is 6.08 Å². The normalized spacial score (nSPS) is 32.2. The number of nitrogens with zero attached hydrogens (tertiary/aromatic N) is 1. The number of aliphatic imine (C=N–C) groups is 1. The first kappa shape index (κ1) is 8.00. The van der Waals surface area contributed by atoms with Gasteiger partial charge in [0.1, 0.15) is 0 Å². The molecule has 0 radical (unpaired) electrons. The topological polar surface area (TPSA) is 29.4 Å². The number of hydrogen-bond donors (Lipinski definition) is 0. The van der Waals surface area contributed by atoms with E-state index in [0.717, 1.165) is 6.42 Å². The lowest BCUT2D eigenvalue weighted by molar-refractivity contribution is 0.422. The molecule has 0 aromatic rings. The summed E-state index contributed by atoms with van der Waals surface area (Å²) >= 11 is 0. The maximum Gasteiger partial charge on any atom is 0.235 e. The van der Waals surface area contributed by atoms with E-state index in [9.17, 15) is 4.79 Å². The van der Waals surface area contributed by atoms with E-state index in [1.54, 1.807) is 6.08 Å². The van der Waals surface area contributed by atoms with Crippen molar-refractivity contribution in [3.8, 4) is 0 Å². The molecule has 2 rings (SSSR count). The number of carbonyl (C=O) groups excluding carboxylic acids is 1. The van der Waals surface area contributed by atoms with Crippen LogP contribution in [0.4, 0.5) is 0 Å². The molecular formula is C10H15NO. The first-order chi connectivity index (χ1) is 5.87. The zero-order valence-corrected chi connectivity index (χ0v) is 7.38. The van der Waals surface area contributed by atoms with Crippen molar-refractivity contribution in [3.05, 3.63) is 0 Å². The van der Waals surface area contributed by atoms with E-state index < -0.39 is 0 Å². The van der Waals surface area contributed by atoms with Crippen LogP contribution < -0.4 is 0 Å². The number of hydrogen-bond acceptors (Lipinski definition) is 2. The Labute approximate surface area is 73.1 Å². The molecule has 2 fully saturated rings. The molecule has 0 aromatic carbocycles. The van der Waals surface area contributed by atoms with Gasteiger partial charge in [-0.15, -0.1) is 0 Å². The zero-order chi connectivity index (χ0) is 8.44. The van der Waals surface area contributed by atoms with Crippen LogP contribution in [0.1, 0.15) is 44.9 Å². The highest BCUT2D eigenvalue weighted by atomic mass is 16.1. The Bertz CT molecular complexity index is 210. The summed E-state index contributed by atoms with van der Waals surface area (Å²) in [5.74, 6) is 0. The van der Waals surface area contributed by atoms with Gasteiger partial charge in [-0.3, -0.25) is 0 Å². The van der Waals surface area contributed by atoms with Crippen LogP contribution in [-0.4, -0.2) is 12.1 Å². The molecule has 0 aromatic heterocycles. The molecule has 2 aliphatic carbocycles. The van der Waals surface area contributed by atoms with Gasteiger partial charge in [-0.05, 0) is 24.7 Å². The highest BCUT2D eigenvalue weighted by Crippen LogP contribution is 2.57. The van der Waals surface area contributed by atoms with E-state index in [1.807, 2.05) is 0 Å². The number of rotatable bonds is 1. The molecule has 2 aliphatic rings. The Hall–Kier alpha value is -0.620. The Balaban J connectivity index is 1.98. The van der Waals surface area contributed by atoms with Gasteiger partial charge in [-0.2, -0.15) is 0 Å². The van der Waals surface area contributed by atoms with Crippen molar-refractivity contribution < 1.29 is 4.79 Å². The average molecular weight is 165 g/mol. The molecule has 1 atom stereocenters. The van der Waals surface area contributed by atoms with Crippen LogP contribution in [0.15, 0.2) is 4.99 Å². The largest absolute Gasteiger partial charge is 0.235 e. The van der Waals surface area contributed by atoms with Gasteiger partial charge in [0, 0.05) is 0 Å². The molecule has 0 N–H and O–H groups in total. The predicted molar refractivity (Wildman–Crippen MR) is 46.7 cm³/mol. The first-order valence-corrected chi connectivity index (χ1v) is 4.94. The summed E-state index contributed by atoms with van der Waals surface area (Å²) in [6.07, 6.45) is 10.9. The minimum absolute atomic E-state index is 0.341. The van der Waals surface area contributed by atoms with Crippen LogP contribution in [0, 0.1) is 5.41 Å². The zero-order valence-electron chi connectivity index (χ0n) is 7.38. The Morgan fingerprint density at radius 2 is 1.83 bits per heavy atom. The molecule has 0 amide bonds. The lowest BCUT2D eigenvalue weighted by Gasteiger charge is -2.10. The van der Waals surface area contributed by atoms with Crippen LogP contribution in [0.3, 0.4) is 0 Å². The van der Waals surface area contributed by atoms with Crippen molar-refractivity contribution in [2.24, 2.45) is 10.4 Å². The SMILES string of the molecule is O=C=NC1CC12CCCCCC2. The monoisotopic (exact) mass is 165 g/mol. The summed E-state index contributed by atoms with van der Waals surface area (Å²) in [7, 11) is 0. The molecular weight excluding hydrogens is 150 g/mol. The van der Waals surface area contributed by atoms with E-state index in [-0.39, 0.29) is 0 Å². The van der Waals surface area contributed by atoms with E-state index in [1.165, 1.54) is 38.5 Å². The molecule has 0 bridgehead atoms. The average Bonchev–Trinajstić information content (AvgIpc) is 2.79. The third-order valence-corrected chi connectivity index (χ3v) is 3.45. The van der Waals surface area contributed by atoms with Crippen molar-refractivity contribution in [2.45, 2.75) is 51.0 Å². The summed E-state index contributed by atoms with van der Waals surface area (Å²) in [5.41, 5.74) is 0.452. The maximum atomic E-state index is 10.1. The summed E-state index contributed by atoms with van der Waals surface area (Å²) < 4.78 is 0. The van der Waals surface area contributed by atoms with Crippen LogP contribution in [-0.2, 0) is 4.79 Å². The van der Waals surface area contributed by atoms with Gasteiger partial charge < -0.3 is 0 Å². The van der Waals surface area contributed by atoms with Crippen LogP contribution in [0.5, 0.6) is 0 Å². The van der Waals surface area contributed by atoms with Crippen molar-refractivity contribution in [2.75, 3.05) is 0 Å². The predicted octanol–water partition coefficient (Wildman–Crippen LogP) is 2.44. The molecule has 0 aliphatic heterocycles. The Morgan fingerprint density at radius 1 is 1.17 bits per heavy atom. The van der Waals surface area contributed by atoms with Gasteiger partial charge >= 0.3 is 0 Å². The minimum Gasteiger partial charge on any atom is -0.211 e. The molecule has 66 valence electrons. The summed E-state index contributed by atoms with van der Waals surface area (Å²) in [4.78, 5) is 13.9. The second kappa shape index (κ2) is 3.02. The molecule has 2 heteroatoms. The lowest BCUT2D eigenvalue weighted by Crippen LogP contribution is -2.03. The minimum atomic E-state index is 0.341. The van der Waals surface area contributed by atoms with Gasteiger partial charge in [0.05, 0.1) is 6.04 Å². The van der Waals surface area contributed by atoms with Gasteiger partial charge in [-0.1, -0.05) is 25.7 Å². The van der Waals surface area contributed by atoms with Crippen molar-refractivity contribution in [1.29, 1.82) is 0 Å². The quantitative estimate of drug-likeness (QED) is 0.433. The first-order valence-electron chi connectivity index (χ1n) is 4.94. The van der Waals surface area contributed by atoms with E-state index in [4.69, 9.17) is 0 Å². The molecule has 1 spiro atoms. The molecule has 2 nitrogen and oxygen atoms in total. The molecule has 1 unspecified atom stereocenters. The number of isocyanates is 1. The summed E-state index contributed by atoms with van der Waals surface area (Å²) in [5, 5.41) is 0. The van der Waals surface area contributed by atoms with Gasteiger partial charge in [0.2, 0.25) is 6.08 Å². The Morgan fingerprint density at radius 3 is 2.42 bits per heavy atom. The fraction of sp³-hybridized carbons (Fsp3) is 0.900. The molecule has 0 heterocycles. The van der Waals surface area contributed by atoms with E-state index in [2.05, 4.69) is 4.99 Å². The second-order valence-corrected chi connectivity index (χ2v) is 4.22. The van der Waals surface area contributed by atoms with Crippen molar-refractivity contribution in [3.63, 3.8) is 0 Å². The summed E-state index contributed by atoms with van der Waals surface area (Å²) in [6.45, 7) is 0. The second-order valence-electron chi connectivity index (χ2n) is 4.22. The fourth-order valence-corrected chi connectivity index (χ4v) is 2.54. The van der Waals surface area contributed by atoms with Crippen molar-refractivity contribution in [1.82, 2.24) is 0 Å². The lowest BCUT2D eigenvalue weighted by atomic mass is 9.96. The Kier molecular flexibility index (Phi) is 2.02. The molecule has 2 saturated carbocycles. The maximum absolute atomic E-state index is 10.1. The summed E-state index contributed by atoms with van der Waals surface area (Å²) in [6, 6.07) is 0.341. The highest BCUT2D eigenvalue weighted by molar-refractivity contribution is 5.35. The molecule has 12 heavy (non-hydrogen) atoms. The van der Waals surface area contributed by atoms with Gasteiger partial charge in [-0.25, -0.2) is 9.79 Å². The smallest absolute Gasteiger partial charge is 0.211 e. The third kappa shape index (κ3) is 1.32. The van der Waals surface area contributed by atoms with Crippen LogP contribution >= 0.6 is 0 Å². The van der Waals surface area contributed by atoms with Gasteiger partial charge in [0.25, 0.3) is 0 Å². The van der Waals surface area contributed by atoms with Gasteiger partial charge in [0.15, 0.2) is 0 Å². The van der Waals surface area contributed by atoms with Crippen LogP contribution in [0.2, 0.25) is 0 Å². The highest BCUT2D eigenvalue weighted by Gasteiger charge is 2.53. The standard InChI is InChI=1S/C10H15NO/c12-8-11-9-7-10(9)5-3-1-2-4-6-10/h9H,1-7H2. The van der Waals surface area contributed by atoms with E-state index in [0.29, 0.717) is 11.5 Å². The fourth-order valence-electron chi connectivity index (χ4n) is 2.54. The molecule has 0 saturated heterocycles. The van der Waals surface area contributed by atoms with Crippen LogP contribution in [0.25, 0.3) is 0 Å². The van der Waals surface area contributed by atoms with E-state index >= 15 is 0 Å².